The molecule has 0 unspecified atom stereocenters. The predicted molar refractivity (Wildman–Crippen MR) is 87.3 cm³/mol. The number of hydrogen-bond donors (Lipinski definition) is 1. The molecule has 2 rings (SSSR count). The van der Waals surface area contributed by atoms with Gasteiger partial charge in [0.15, 0.2) is 0 Å². The Balaban J connectivity index is 2.03. The molecule has 1 atom stereocenters. The average Bonchev–Trinajstić information content (AvgIpc) is 2.42. The third-order valence-electron chi connectivity index (χ3n) is 4.30. The summed E-state index contributed by atoms with van der Waals surface area (Å²) in [5.74, 6) is -0.972. The van der Waals surface area contributed by atoms with Crippen molar-refractivity contribution in [2.24, 2.45) is 5.41 Å². The van der Waals surface area contributed by atoms with E-state index in [1.807, 2.05) is 30.3 Å². The maximum Gasteiger partial charge on any atom is 0.410 e. The summed E-state index contributed by atoms with van der Waals surface area (Å²) in [6.07, 6.45) is 0.966. The second-order valence-corrected chi connectivity index (χ2v) is 7.33. The van der Waals surface area contributed by atoms with E-state index in [4.69, 9.17) is 4.74 Å². The predicted octanol–water partition coefficient (Wildman–Crippen LogP) is 3.33. The molecule has 1 aromatic rings. The summed E-state index contributed by atoms with van der Waals surface area (Å²) in [6.45, 7) is 6.94. The second-order valence-electron chi connectivity index (χ2n) is 7.33. The highest BCUT2D eigenvalue weighted by molar-refractivity contribution is 5.86. The highest BCUT2D eigenvalue weighted by Crippen LogP contribution is 2.35. The van der Waals surface area contributed by atoms with Gasteiger partial charge in [-0.2, -0.15) is 0 Å². The van der Waals surface area contributed by atoms with Gasteiger partial charge in [-0.05, 0) is 23.8 Å². The van der Waals surface area contributed by atoms with E-state index in [9.17, 15) is 14.7 Å². The van der Waals surface area contributed by atoms with Crippen LogP contribution in [-0.2, 0) is 16.0 Å². The smallest absolute Gasteiger partial charge is 0.410 e. The van der Waals surface area contributed by atoms with E-state index in [1.54, 1.807) is 0 Å². The van der Waals surface area contributed by atoms with Gasteiger partial charge >= 0.3 is 12.1 Å². The van der Waals surface area contributed by atoms with Gasteiger partial charge in [-0.3, -0.25) is 4.90 Å². The van der Waals surface area contributed by atoms with E-state index >= 15 is 0 Å². The first-order chi connectivity index (χ1) is 10.7. The van der Waals surface area contributed by atoms with Gasteiger partial charge < -0.3 is 9.84 Å². The van der Waals surface area contributed by atoms with Crippen molar-refractivity contribution in [3.63, 3.8) is 0 Å². The van der Waals surface area contributed by atoms with Gasteiger partial charge in [0.25, 0.3) is 0 Å². The normalized spacial score (nSPS) is 20.7. The summed E-state index contributed by atoms with van der Waals surface area (Å²) in [7, 11) is 0. The van der Waals surface area contributed by atoms with Crippen LogP contribution in [0.5, 0.6) is 0 Å². The number of carbonyl (C=O) groups excluding carboxylic acids is 1. The number of hydrogen-bond acceptors (Lipinski definition) is 3. The number of carbonyl (C=O) groups is 2. The summed E-state index contributed by atoms with van der Waals surface area (Å²) in [4.78, 5) is 25.4. The zero-order valence-electron chi connectivity index (χ0n) is 14.0. The van der Waals surface area contributed by atoms with E-state index in [1.165, 1.54) is 4.90 Å². The lowest BCUT2D eigenvalue weighted by Gasteiger charge is -2.48. The van der Waals surface area contributed by atoms with Gasteiger partial charge in [0.2, 0.25) is 0 Å². The Morgan fingerprint density at radius 2 is 1.91 bits per heavy atom. The minimum absolute atomic E-state index is 0.0726. The highest BCUT2D eigenvalue weighted by atomic mass is 16.6. The SMILES string of the molecule is CC(C)(C)CCOC(=O)N1CC[C@]1(Cc1ccccc1)C(=O)O. The molecule has 1 heterocycles. The maximum atomic E-state index is 12.3. The molecule has 5 heteroatoms. The minimum atomic E-state index is -1.18. The number of ether oxygens (including phenoxy) is 1. The largest absolute Gasteiger partial charge is 0.479 e. The van der Waals surface area contributed by atoms with Crippen molar-refractivity contribution in [2.45, 2.75) is 45.6 Å². The fraction of sp³-hybridized carbons (Fsp3) is 0.556. The third kappa shape index (κ3) is 4.03. The second kappa shape index (κ2) is 6.60. The molecule has 0 aliphatic carbocycles. The first-order valence-electron chi connectivity index (χ1n) is 7.96. The van der Waals surface area contributed by atoms with Crippen molar-refractivity contribution in [1.29, 1.82) is 0 Å². The van der Waals surface area contributed by atoms with Crippen LogP contribution < -0.4 is 0 Å². The monoisotopic (exact) mass is 319 g/mol. The van der Waals surface area contributed by atoms with Crippen molar-refractivity contribution in [1.82, 2.24) is 4.90 Å². The Morgan fingerprint density at radius 1 is 1.26 bits per heavy atom. The van der Waals surface area contributed by atoms with E-state index < -0.39 is 17.6 Å². The van der Waals surface area contributed by atoms with Crippen LogP contribution in [0.15, 0.2) is 30.3 Å². The molecule has 1 saturated heterocycles. The Kier molecular flexibility index (Phi) is 4.97. The lowest BCUT2D eigenvalue weighted by molar-refractivity contribution is -0.159. The molecular formula is C18H25NO4. The standard InChI is InChI=1S/C18H25NO4/c1-17(2,3)10-12-23-16(22)19-11-9-18(19,15(20)21)13-14-7-5-4-6-8-14/h4-8H,9-13H2,1-3H3,(H,20,21)/t18-/m0/s1. The number of amides is 1. The van der Waals surface area contributed by atoms with Crippen LogP contribution in [0.2, 0.25) is 0 Å². The van der Waals surface area contributed by atoms with Crippen LogP contribution in [0.3, 0.4) is 0 Å². The molecule has 1 fully saturated rings. The van der Waals surface area contributed by atoms with Crippen molar-refractivity contribution in [3.05, 3.63) is 35.9 Å². The molecule has 1 aromatic carbocycles. The Bertz CT molecular complexity index is 564. The molecular weight excluding hydrogens is 294 g/mol. The zero-order chi connectivity index (χ0) is 17.1. The fourth-order valence-electron chi connectivity index (χ4n) is 2.70. The summed E-state index contributed by atoms with van der Waals surface area (Å²) in [5.41, 5.74) is -0.203. The van der Waals surface area contributed by atoms with Gasteiger partial charge in [0.05, 0.1) is 6.61 Å². The Hall–Kier alpha value is -2.04. The van der Waals surface area contributed by atoms with Crippen LogP contribution in [0, 0.1) is 5.41 Å². The number of likely N-dealkylation sites (tertiary alicyclic amines) is 1. The van der Waals surface area contributed by atoms with Gasteiger partial charge in [0.1, 0.15) is 5.54 Å². The van der Waals surface area contributed by atoms with E-state index in [0.29, 0.717) is 26.0 Å². The summed E-state index contributed by atoms with van der Waals surface area (Å²) >= 11 is 0. The molecule has 23 heavy (non-hydrogen) atoms. The molecule has 0 spiro atoms. The number of benzene rings is 1. The maximum absolute atomic E-state index is 12.3. The number of aliphatic carboxylic acids is 1. The van der Waals surface area contributed by atoms with Crippen molar-refractivity contribution < 1.29 is 19.4 Å². The number of carboxylic acid groups (broad SMARTS) is 1. The van der Waals surface area contributed by atoms with Crippen molar-refractivity contribution >= 4 is 12.1 Å². The first-order valence-corrected chi connectivity index (χ1v) is 7.96. The van der Waals surface area contributed by atoms with E-state index in [-0.39, 0.29) is 5.41 Å². The third-order valence-corrected chi connectivity index (χ3v) is 4.30. The Morgan fingerprint density at radius 3 is 2.39 bits per heavy atom. The Labute approximate surface area is 137 Å². The van der Waals surface area contributed by atoms with Crippen LogP contribution >= 0.6 is 0 Å². The van der Waals surface area contributed by atoms with Crippen LogP contribution in [-0.4, -0.2) is 40.8 Å². The minimum Gasteiger partial charge on any atom is -0.479 e. The quantitative estimate of drug-likeness (QED) is 0.904. The molecule has 1 amide bonds. The molecule has 0 radical (unpaired) electrons. The van der Waals surface area contributed by atoms with Crippen molar-refractivity contribution in [2.75, 3.05) is 13.2 Å². The molecule has 1 aliphatic rings. The highest BCUT2D eigenvalue weighted by Gasteiger charge is 2.54. The van der Waals surface area contributed by atoms with Gasteiger partial charge in [-0.1, -0.05) is 51.1 Å². The average molecular weight is 319 g/mol. The van der Waals surface area contributed by atoms with Gasteiger partial charge in [0, 0.05) is 13.0 Å². The molecule has 0 saturated carbocycles. The fourth-order valence-corrected chi connectivity index (χ4v) is 2.70. The first kappa shape index (κ1) is 17.3. The van der Waals surface area contributed by atoms with Gasteiger partial charge in [-0.25, -0.2) is 9.59 Å². The number of carboxylic acids is 1. The topological polar surface area (TPSA) is 66.8 Å². The molecule has 5 nitrogen and oxygen atoms in total. The summed E-state index contributed by atoms with van der Waals surface area (Å²) < 4.78 is 5.29. The van der Waals surface area contributed by atoms with Crippen LogP contribution in [0.4, 0.5) is 4.79 Å². The van der Waals surface area contributed by atoms with Crippen LogP contribution in [0.25, 0.3) is 0 Å². The van der Waals surface area contributed by atoms with Gasteiger partial charge in [-0.15, -0.1) is 0 Å². The number of nitrogens with zero attached hydrogens (tertiary/aromatic N) is 1. The summed E-state index contributed by atoms with van der Waals surface area (Å²) in [6, 6.07) is 9.39. The summed E-state index contributed by atoms with van der Waals surface area (Å²) in [5, 5.41) is 9.67. The lowest BCUT2D eigenvalue weighted by Crippen LogP contribution is -2.67. The zero-order valence-corrected chi connectivity index (χ0v) is 14.0. The van der Waals surface area contributed by atoms with E-state index in [0.717, 1.165) is 12.0 Å². The molecule has 0 bridgehead atoms. The molecule has 0 aromatic heterocycles. The lowest BCUT2D eigenvalue weighted by atomic mass is 9.79. The van der Waals surface area contributed by atoms with Crippen LogP contribution in [0.1, 0.15) is 39.2 Å². The van der Waals surface area contributed by atoms with Crippen molar-refractivity contribution in [3.8, 4) is 0 Å². The van der Waals surface area contributed by atoms with E-state index in [2.05, 4.69) is 20.8 Å². The molecule has 126 valence electrons. The molecule has 1 aliphatic heterocycles. The number of rotatable bonds is 5. The molecule has 1 N–H and O–H groups in total.